The number of benzene rings is 1. The number of aromatic amines is 1. The van der Waals surface area contributed by atoms with E-state index in [0.29, 0.717) is 5.56 Å². The van der Waals surface area contributed by atoms with E-state index in [1.54, 1.807) is 18.6 Å². The van der Waals surface area contributed by atoms with Gasteiger partial charge in [0.25, 0.3) is 5.91 Å². The molecule has 1 atom stereocenters. The lowest BCUT2D eigenvalue weighted by Gasteiger charge is -2.30. The second-order valence-electron chi connectivity index (χ2n) is 6.28. The van der Waals surface area contributed by atoms with Crippen LogP contribution in [0.1, 0.15) is 47.6 Å². The van der Waals surface area contributed by atoms with E-state index in [4.69, 9.17) is 0 Å². The van der Waals surface area contributed by atoms with Gasteiger partial charge in [0, 0.05) is 24.3 Å². The number of carbonyl (C=O) groups is 1. The van der Waals surface area contributed by atoms with Crippen molar-refractivity contribution in [2.75, 3.05) is 6.54 Å². The number of H-pyrrole nitrogens is 1. The normalized spacial score (nSPS) is 18.5. The van der Waals surface area contributed by atoms with Gasteiger partial charge in [-0.2, -0.15) is 5.10 Å². The van der Waals surface area contributed by atoms with Crippen molar-refractivity contribution in [3.05, 3.63) is 60.0 Å². The van der Waals surface area contributed by atoms with Gasteiger partial charge < -0.3 is 4.90 Å². The van der Waals surface area contributed by atoms with Crippen LogP contribution in [0.5, 0.6) is 0 Å². The highest BCUT2D eigenvalue weighted by Crippen LogP contribution is 2.32. The van der Waals surface area contributed by atoms with E-state index in [9.17, 15) is 4.79 Å². The molecule has 1 aromatic carbocycles. The van der Waals surface area contributed by atoms with Crippen LogP contribution in [0.4, 0.5) is 0 Å². The molecule has 3 heterocycles. The topological polar surface area (TPSA) is 61.9 Å². The molecule has 4 rings (SSSR count). The molecule has 2 aromatic heterocycles. The van der Waals surface area contributed by atoms with Crippen LogP contribution < -0.4 is 0 Å². The standard InChI is InChI=1S/C19H20N4O/c24-19(16-6-4-5-15-13-21-22-18(15)16)23-12-3-1-2-7-17(23)14-8-10-20-11-9-14/h4-6,8-11,13,17H,1-3,7,12H2,(H,21,22). The van der Waals surface area contributed by atoms with Crippen LogP contribution in [0.15, 0.2) is 48.9 Å². The van der Waals surface area contributed by atoms with Gasteiger partial charge in [0.05, 0.1) is 23.3 Å². The molecule has 0 saturated carbocycles. The first-order valence-corrected chi connectivity index (χ1v) is 8.47. The van der Waals surface area contributed by atoms with Gasteiger partial charge >= 0.3 is 0 Å². The molecule has 1 fully saturated rings. The summed E-state index contributed by atoms with van der Waals surface area (Å²) in [4.78, 5) is 19.4. The summed E-state index contributed by atoms with van der Waals surface area (Å²) in [5.74, 6) is 0.0774. The smallest absolute Gasteiger partial charge is 0.256 e. The summed E-state index contributed by atoms with van der Waals surface area (Å²) in [5, 5.41) is 8.02. The fraction of sp³-hybridized carbons (Fsp3) is 0.316. The summed E-state index contributed by atoms with van der Waals surface area (Å²) >= 11 is 0. The first kappa shape index (κ1) is 14.9. The van der Waals surface area contributed by atoms with Crippen LogP contribution >= 0.6 is 0 Å². The van der Waals surface area contributed by atoms with E-state index in [-0.39, 0.29) is 11.9 Å². The second kappa shape index (κ2) is 6.43. The Morgan fingerprint density at radius 2 is 2.00 bits per heavy atom. The molecular formula is C19H20N4O. The molecule has 24 heavy (non-hydrogen) atoms. The summed E-state index contributed by atoms with van der Waals surface area (Å²) in [6, 6.07) is 9.93. The highest BCUT2D eigenvalue weighted by atomic mass is 16.2. The van der Waals surface area contributed by atoms with E-state index in [1.165, 1.54) is 6.42 Å². The van der Waals surface area contributed by atoms with E-state index >= 15 is 0 Å². The molecule has 0 aliphatic carbocycles. The molecule has 0 bridgehead atoms. The number of nitrogens with one attached hydrogen (secondary N) is 1. The molecule has 1 aliphatic rings. The molecular weight excluding hydrogens is 300 g/mol. The Balaban J connectivity index is 1.74. The third-order valence-corrected chi connectivity index (χ3v) is 4.81. The van der Waals surface area contributed by atoms with Crippen LogP contribution in [0.3, 0.4) is 0 Å². The minimum atomic E-state index is 0.0774. The lowest BCUT2D eigenvalue weighted by molar-refractivity contribution is 0.0682. The summed E-state index contributed by atoms with van der Waals surface area (Å²) in [7, 11) is 0. The van der Waals surface area contributed by atoms with Gasteiger partial charge in [-0.25, -0.2) is 0 Å². The summed E-state index contributed by atoms with van der Waals surface area (Å²) < 4.78 is 0. The molecule has 1 amide bonds. The molecule has 1 saturated heterocycles. The average molecular weight is 320 g/mol. The first-order chi connectivity index (χ1) is 11.8. The quantitative estimate of drug-likeness (QED) is 0.783. The summed E-state index contributed by atoms with van der Waals surface area (Å²) in [6.45, 7) is 0.788. The maximum atomic E-state index is 13.3. The Bertz CT molecular complexity index is 843. The van der Waals surface area contributed by atoms with Crippen molar-refractivity contribution >= 4 is 16.8 Å². The van der Waals surface area contributed by atoms with Crippen LogP contribution in [-0.4, -0.2) is 32.5 Å². The predicted octanol–water partition coefficient (Wildman–Crippen LogP) is 3.72. The molecule has 0 radical (unpaired) electrons. The van der Waals surface area contributed by atoms with Gasteiger partial charge in [-0.3, -0.25) is 14.9 Å². The Hall–Kier alpha value is -2.69. The lowest BCUT2D eigenvalue weighted by Crippen LogP contribution is -2.35. The second-order valence-corrected chi connectivity index (χ2v) is 6.28. The largest absolute Gasteiger partial charge is 0.332 e. The van der Waals surface area contributed by atoms with Gasteiger partial charge in [-0.15, -0.1) is 0 Å². The van der Waals surface area contributed by atoms with E-state index < -0.39 is 0 Å². The Kier molecular flexibility index (Phi) is 3.99. The number of fused-ring (bicyclic) bond motifs is 1. The predicted molar refractivity (Wildman–Crippen MR) is 92.6 cm³/mol. The average Bonchev–Trinajstić information content (AvgIpc) is 2.98. The Morgan fingerprint density at radius 3 is 2.88 bits per heavy atom. The number of carbonyl (C=O) groups excluding carboxylic acids is 1. The highest BCUT2D eigenvalue weighted by molar-refractivity contribution is 6.05. The minimum Gasteiger partial charge on any atom is -0.332 e. The van der Waals surface area contributed by atoms with Crippen molar-refractivity contribution in [3.63, 3.8) is 0 Å². The van der Waals surface area contributed by atoms with E-state index in [1.807, 2.05) is 35.2 Å². The number of amides is 1. The molecule has 1 unspecified atom stereocenters. The third-order valence-electron chi connectivity index (χ3n) is 4.81. The lowest BCUT2D eigenvalue weighted by atomic mass is 10.0. The van der Waals surface area contributed by atoms with E-state index in [2.05, 4.69) is 15.2 Å². The maximum Gasteiger partial charge on any atom is 0.256 e. The molecule has 5 nitrogen and oxygen atoms in total. The number of para-hydroxylation sites is 1. The molecule has 122 valence electrons. The van der Waals surface area contributed by atoms with Crippen molar-refractivity contribution in [1.82, 2.24) is 20.1 Å². The zero-order valence-electron chi connectivity index (χ0n) is 13.5. The van der Waals surface area contributed by atoms with Crippen molar-refractivity contribution in [2.24, 2.45) is 0 Å². The van der Waals surface area contributed by atoms with Crippen molar-refractivity contribution in [2.45, 2.75) is 31.7 Å². The number of pyridine rings is 1. The Labute approximate surface area is 140 Å². The van der Waals surface area contributed by atoms with Crippen LogP contribution in [-0.2, 0) is 0 Å². The zero-order valence-corrected chi connectivity index (χ0v) is 13.5. The monoisotopic (exact) mass is 320 g/mol. The molecule has 3 aromatic rings. The number of rotatable bonds is 2. The molecule has 5 heteroatoms. The number of nitrogens with zero attached hydrogens (tertiary/aromatic N) is 3. The number of hydrogen-bond acceptors (Lipinski definition) is 3. The fourth-order valence-corrected chi connectivity index (χ4v) is 3.59. The number of hydrogen-bond donors (Lipinski definition) is 1. The van der Waals surface area contributed by atoms with Gasteiger partial charge in [-0.1, -0.05) is 25.0 Å². The van der Waals surface area contributed by atoms with Gasteiger partial charge in [0.2, 0.25) is 0 Å². The summed E-state index contributed by atoms with van der Waals surface area (Å²) in [5.41, 5.74) is 2.68. The van der Waals surface area contributed by atoms with Crippen molar-refractivity contribution in [3.8, 4) is 0 Å². The number of likely N-dealkylation sites (tertiary alicyclic amines) is 1. The highest BCUT2D eigenvalue weighted by Gasteiger charge is 2.28. The van der Waals surface area contributed by atoms with Gasteiger partial charge in [-0.05, 0) is 36.6 Å². The first-order valence-electron chi connectivity index (χ1n) is 8.47. The Morgan fingerprint density at radius 1 is 1.12 bits per heavy atom. The maximum absolute atomic E-state index is 13.3. The van der Waals surface area contributed by atoms with Crippen LogP contribution in [0.25, 0.3) is 10.9 Å². The number of aromatic nitrogens is 3. The minimum absolute atomic E-state index is 0.0774. The van der Waals surface area contributed by atoms with Crippen LogP contribution in [0.2, 0.25) is 0 Å². The van der Waals surface area contributed by atoms with Crippen molar-refractivity contribution in [1.29, 1.82) is 0 Å². The SMILES string of the molecule is O=C(c1cccc2cn[nH]c12)N1CCCCCC1c1ccncc1. The molecule has 0 spiro atoms. The summed E-state index contributed by atoms with van der Waals surface area (Å²) in [6.07, 6.45) is 9.72. The fourth-order valence-electron chi connectivity index (χ4n) is 3.59. The third kappa shape index (κ3) is 2.66. The molecule has 1 N–H and O–H groups in total. The molecule has 1 aliphatic heterocycles. The zero-order chi connectivity index (χ0) is 16.4. The van der Waals surface area contributed by atoms with Crippen molar-refractivity contribution < 1.29 is 4.79 Å². The van der Waals surface area contributed by atoms with Gasteiger partial charge in [0.15, 0.2) is 0 Å². The van der Waals surface area contributed by atoms with E-state index in [0.717, 1.165) is 42.3 Å². The van der Waals surface area contributed by atoms with Crippen LogP contribution in [0, 0.1) is 0 Å². The van der Waals surface area contributed by atoms with Gasteiger partial charge in [0.1, 0.15) is 0 Å².